The highest BCUT2D eigenvalue weighted by Gasteiger charge is 2.84. The van der Waals surface area contributed by atoms with E-state index >= 15 is 0 Å². The summed E-state index contributed by atoms with van der Waals surface area (Å²) in [6, 6.07) is 0. The highest BCUT2D eigenvalue weighted by molar-refractivity contribution is 6.29. The first kappa shape index (κ1) is 17.7. The lowest BCUT2D eigenvalue weighted by Gasteiger charge is -2.57. The molecular formula is C18H25ClO6. The molecule has 1 unspecified atom stereocenters. The highest BCUT2D eigenvalue weighted by Crippen LogP contribution is 2.71. The van der Waals surface area contributed by atoms with Gasteiger partial charge in [-0.15, -0.1) is 11.6 Å². The van der Waals surface area contributed by atoms with Crippen LogP contribution < -0.4 is 0 Å². The first-order valence-electron chi connectivity index (χ1n) is 8.83. The van der Waals surface area contributed by atoms with Gasteiger partial charge in [-0.05, 0) is 26.7 Å². The summed E-state index contributed by atoms with van der Waals surface area (Å²) in [5.41, 5.74) is -0.976. The zero-order valence-corrected chi connectivity index (χ0v) is 15.5. The molecule has 140 valence electrons. The van der Waals surface area contributed by atoms with Crippen molar-refractivity contribution in [3.8, 4) is 0 Å². The maximum Gasteiger partial charge on any atom is 0.323 e. The van der Waals surface area contributed by atoms with Crippen molar-refractivity contribution in [3.63, 3.8) is 0 Å². The second-order valence-electron chi connectivity index (χ2n) is 8.19. The van der Waals surface area contributed by atoms with E-state index in [1.807, 2.05) is 19.9 Å². The molecule has 2 aliphatic heterocycles. The number of carbonyl (C=O) groups excluding carboxylic acids is 1. The van der Waals surface area contributed by atoms with Gasteiger partial charge in [0.1, 0.15) is 29.8 Å². The van der Waals surface area contributed by atoms with Crippen LogP contribution in [0.3, 0.4) is 0 Å². The summed E-state index contributed by atoms with van der Waals surface area (Å²) in [6.45, 7) is 6.05. The monoisotopic (exact) mass is 372 g/mol. The number of esters is 1. The maximum absolute atomic E-state index is 12.0. The standard InChI is InChI=1S/C18H25ClO6/c1-9-4-5-17(7-23-15(22)10(2)19)11(6-9)25-14-12(20)13(21)16(17,3)18(14)8-24-18/h6,10-14,20-21H,4-5,7-8H2,1-3H3/t10?,11-,12-,13-,14-,16-,17-,18+/m1/s1. The van der Waals surface area contributed by atoms with Gasteiger partial charge in [-0.3, -0.25) is 4.79 Å². The van der Waals surface area contributed by atoms with Gasteiger partial charge >= 0.3 is 5.97 Å². The molecule has 25 heavy (non-hydrogen) atoms. The lowest BCUT2D eigenvalue weighted by Crippen LogP contribution is -2.66. The van der Waals surface area contributed by atoms with Gasteiger partial charge in [-0.1, -0.05) is 18.6 Å². The average Bonchev–Trinajstić information content (AvgIpc) is 3.35. The van der Waals surface area contributed by atoms with Crippen LogP contribution in [0, 0.1) is 10.8 Å². The van der Waals surface area contributed by atoms with Crippen LogP contribution >= 0.6 is 11.6 Å². The Balaban J connectivity index is 1.78. The number of alkyl halides is 1. The second kappa shape index (κ2) is 5.42. The number of allylic oxidation sites excluding steroid dienone is 1. The number of ether oxygens (including phenoxy) is 3. The number of rotatable bonds is 3. The van der Waals surface area contributed by atoms with Crippen LogP contribution in [0.25, 0.3) is 0 Å². The molecule has 6 nitrogen and oxygen atoms in total. The minimum atomic E-state index is -1.02. The molecule has 2 aliphatic carbocycles. The Labute approximate surface area is 152 Å². The lowest BCUT2D eigenvalue weighted by atomic mass is 9.51. The molecule has 3 fully saturated rings. The van der Waals surface area contributed by atoms with Gasteiger partial charge in [0.25, 0.3) is 0 Å². The Kier molecular flexibility index (Phi) is 3.85. The number of aliphatic hydroxyl groups is 2. The molecule has 0 aromatic rings. The van der Waals surface area contributed by atoms with Crippen molar-refractivity contribution in [2.24, 2.45) is 10.8 Å². The number of aliphatic hydroxyl groups excluding tert-OH is 2. The number of halogens is 1. The van der Waals surface area contributed by atoms with Crippen LogP contribution in [-0.2, 0) is 19.0 Å². The van der Waals surface area contributed by atoms with E-state index in [0.717, 1.165) is 6.42 Å². The van der Waals surface area contributed by atoms with Crippen molar-refractivity contribution >= 4 is 17.6 Å². The minimum absolute atomic E-state index is 0.0788. The average molecular weight is 373 g/mol. The molecule has 0 aromatic carbocycles. The first-order chi connectivity index (χ1) is 11.7. The van der Waals surface area contributed by atoms with Crippen molar-refractivity contribution in [3.05, 3.63) is 11.6 Å². The second-order valence-corrected chi connectivity index (χ2v) is 8.84. The Bertz CT molecular complexity index is 629. The normalized spacial score (nSPS) is 51.7. The minimum Gasteiger partial charge on any atom is -0.464 e. The lowest BCUT2D eigenvalue weighted by molar-refractivity contribution is -0.231. The van der Waals surface area contributed by atoms with E-state index in [-0.39, 0.29) is 12.7 Å². The van der Waals surface area contributed by atoms with Gasteiger partial charge in [0, 0.05) is 10.8 Å². The molecule has 0 radical (unpaired) electrons. The van der Waals surface area contributed by atoms with Crippen LogP contribution in [0.5, 0.6) is 0 Å². The first-order valence-corrected chi connectivity index (χ1v) is 9.27. The van der Waals surface area contributed by atoms with Crippen molar-refractivity contribution in [1.82, 2.24) is 0 Å². The highest BCUT2D eigenvalue weighted by atomic mass is 35.5. The molecule has 0 aromatic heterocycles. The molecule has 2 N–H and O–H groups in total. The molecule has 2 bridgehead atoms. The van der Waals surface area contributed by atoms with E-state index in [0.29, 0.717) is 13.0 Å². The summed E-state index contributed by atoms with van der Waals surface area (Å²) in [4.78, 5) is 12.0. The summed E-state index contributed by atoms with van der Waals surface area (Å²) >= 11 is 5.84. The van der Waals surface area contributed by atoms with E-state index in [1.165, 1.54) is 5.57 Å². The molecule has 2 saturated heterocycles. The Morgan fingerprint density at radius 1 is 1.52 bits per heavy atom. The number of carbonyl (C=O) groups is 1. The fraction of sp³-hybridized carbons (Fsp3) is 0.833. The van der Waals surface area contributed by atoms with Gasteiger partial charge in [0.15, 0.2) is 0 Å². The zero-order valence-electron chi connectivity index (χ0n) is 14.7. The van der Waals surface area contributed by atoms with E-state index in [4.69, 9.17) is 25.8 Å². The summed E-state index contributed by atoms with van der Waals surface area (Å²) in [7, 11) is 0. The fourth-order valence-corrected chi connectivity index (χ4v) is 5.41. The molecule has 8 atom stereocenters. The SMILES string of the molecule is CC1=C[C@H]2O[C@@H]3[C@H](O)[C@@H](O)[C@](C)([C@@]2(COC(=O)C(C)Cl)CC1)[C@]31CO1. The van der Waals surface area contributed by atoms with Crippen molar-refractivity contribution in [2.75, 3.05) is 13.2 Å². The number of epoxide rings is 1. The molecule has 2 heterocycles. The van der Waals surface area contributed by atoms with Gasteiger partial charge in [0.2, 0.25) is 0 Å². The number of hydrogen-bond donors (Lipinski definition) is 2. The predicted octanol–water partition coefficient (Wildman–Crippen LogP) is 1.16. The topological polar surface area (TPSA) is 88.5 Å². The van der Waals surface area contributed by atoms with Gasteiger partial charge in [0.05, 0.1) is 18.8 Å². The third-order valence-electron chi connectivity index (χ3n) is 7.09. The molecule has 1 saturated carbocycles. The summed E-state index contributed by atoms with van der Waals surface area (Å²) in [6.07, 6.45) is 0.573. The zero-order chi connectivity index (χ0) is 18.2. The molecular weight excluding hydrogens is 348 g/mol. The summed E-state index contributed by atoms with van der Waals surface area (Å²) < 4.78 is 17.6. The molecule has 4 rings (SSSR count). The fourth-order valence-electron chi connectivity index (χ4n) is 5.34. The van der Waals surface area contributed by atoms with Crippen LogP contribution in [-0.4, -0.2) is 64.8 Å². The summed E-state index contributed by atoms with van der Waals surface area (Å²) in [5, 5.41) is 20.8. The Hall–Kier alpha value is -0.660. The summed E-state index contributed by atoms with van der Waals surface area (Å²) in [5.74, 6) is -0.495. The van der Waals surface area contributed by atoms with Gasteiger partial charge in [-0.25, -0.2) is 0 Å². The van der Waals surface area contributed by atoms with E-state index in [9.17, 15) is 15.0 Å². The predicted molar refractivity (Wildman–Crippen MR) is 89.2 cm³/mol. The van der Waals surface area contributed by atoms with Crippen molar-refractivity contribution < 1.29 is 29.2 Å². The largest absolute Gasteiger partial charge is 0.464 e. The third-order valence-corrected chi connectivity index (χ3v) is 7.27. The smallest absolute Gasteiger partial charge is 0.323 e. The molecule has 1 spiro atoms. The van der Waals surface area contributed by atoms with E-state index < -0.39 is 46.1 Å². The van der Waals surface area contributed by atoms with Crippen LogP contribution in [0.2, 0.25) is 0 Å². The van der Waals surface area contributed by atoms with Crippen LogP contribution in [0.4, 0.5) is 0 Å². The van der Waals surface area contributed by atoms with Gasteiger partial charge in [-0.2, -0.15) is 0 Å². The van der Waals surface area contributed by atoms with E-state index in [1.54, 1.807) is 6.92 Å². The van der Waals surface area contributed by atoms with Crippen molar-refractivity contribution in [1.29, 1.82) is 0 Å². The third kappa shape index (κ3) is 2.03. The maximum atomic E-state index is 12.0. The molecule has 4 aliphatic rings. The van der Waals surface area contributed by atoms with Gasteiger partial charge < -0.3 is 24.4 Å². The van der Waals surface area contributed by atoms with E-state index in [2.05, 4.69) is 0 Å². The Morgan fingerprint density at radius 2 is 2.20 bits per heavy atom. The molecule has 7 heteroatoms. The van der Waals surface area contributed by atoms with Crippen LogP contribution in [0.1, 0.15) is 33.6 Å². The van der Waals surface area contributed by atoms with Crippen LogP contribution in [0.15, 0.2) is 11.6 Å². The number of hydrogen-bond acceptors (Lipinski definition) is 6. The Morgan fingerprint density at radius 3 is 2.80 bits per heavy atom. The molecule has 0 amide bonds. The van der Waals surface area contributed by atoms with Crippen molar-refractivity contribution in [2.45, 2.75) is 69.0 Å². The quantitative estimate of drug-likeness (QED) is 0.334. The number of fused-ring (bicyclic) bond motifs is 2.